The number of nitrogens with two attached hydrogens (primary N) is 1. The van der Waals surface area contributed by atoms with Crippen LogP contribution in [0, 0.1) is 83.7 Å². The molecule has 11 rings (SSSR count). The number of halogens is 2. The highest BCUT2D eigenvalue weighted by Gasteiger charge is 2.54. The molecule has 398 valence electrons. The molecule has 3 aromatic rings. The lowest BCUT2D eigenvalue weighted by atomic mass is 10.1. The van der Waals surface area contributed by atoms with Gasteiger partial charge in [-0.3, -0.25) is 4.79 Å². The van der Waals surface area contributed by atoms with Crippen LogP contribution in [0.4, 0.5) is 4.79 Å². The van der Waals surface area contributed by atoms with Crippen molar-refractivity contribution in [2.75, 3.05) is 26.3 Å². The summed E-state index contributed by atoms with van der Waals surface area (Å²) in [5.41, 5.74) is 7.31. The molecule has 1 amide bonds. The van der Waals surface area contributed by atoms with Crippen LogP contribution in [-0.2, 0) is 19.1 Å². The third-order valence-electron chi connectivity index (χ3n) is 14.7. The molecule has 8 aliphatic carbocycles. The molecular weight excluding hydrogens is 1170 g/mol. The minimum absolute atomic E-state index is 0.0101. The van der Waals surface area contributed by atoms with Crippen LogP contribution >= 0.6 is 37.2 Å². The zero-order chi connectivity index (χ0) is 54.9. The number of amides is 1. The fraction of sp³-hybridized carbons (Fsp3) is 0.559. The molecular formula is C59H72I2N8O6. The Balaban J connectivity index is 0.000000175. The van der Waals surface area contributed by atoms with E-state index in [0.29, 0.717) is 55.8 Å². The van der Waals surface area contributed by atoms with Gasteiger partial charge in [-0.05, 0) is 128 Å². The second-order valence-electron chi connectivity index (χ2n) is 22.2. The van der Waals surface area contributed by atoms with Crippen molar-refractivity contribution in [3.8, 4) is 30.3 Å². The van der Waals surface area contributed by atoms with Gasteiger partial charge in [-0.15, -0.1) is 0 Å². The van der Waals surface area contributed by atoms with E-state index < -0.39 is 16.4 Å². The second-order valence-corrected chi connectivity index (χ2v) is 22.2. The summed E-state index contributed by atoms with van der Waals surface area (Å²) in [6.45, 7) is 9.16. The molecule has 6 atom stereocenters. The van der Waals surface area contributed by atoms with Gasteiger partial charge < -0.3 is 35.3 Å². The van der Waals surface area contributed by atoms with Crippen molar-refractivity contribution in [3.63, 3.8) is 0 Å². The monoisotopic (exact) mass is 1240 g/mol. The first-order valence-electron chi connectivity index (χ1n) is 26.0. The van der Waals surface area contributed by atoms with Gasteiger partial charge in [0.15, 0.2) is 5.41 Å². The minimum Gasteiger partial charge on any atom is -0.465 e. The van der Waals surface area contributed by atoms with E-state index in [2.05, 4.69) is 127 Å². The maximum absolute atomic E-state index is 12.6. The number of carbonyl (C=O) groups is 3. The first-order valence-corrected chi connectivity index (χ1v) is 32.3. The van der Waals surface area contributed by atoms with E-state index in [4.69, 9.17) is 41.4 Å². The number of ether oxygens (including phenoxy) is 2. The van der Waals surface area contributed by atoms with Crippen molar-refractivity contribution >= 4 is 55.6 Å². The van der Waals surface area contributed by atoms with Gasteiger partial charge >= 0.3 is 12.1 Å². The average Bonchev–Trinajstić information content (AvgIpc) is 4.23. The van der Waals surface area contributed by atoms with Crippen LogP contribution in [0.25, 0.3) is 0 Å². The average molecular weight is 1240 g/mol. The molecule has 14 nitrogen and oxygen atoms in total. The standard InChI is InChI=1S/C19H24N2O2.C14H16N2.C9H11N.C7H9NO2.C5H7NO.C5H5NO.I2/c1-18(2,3)23-17(22)21(13-19(12-20)9-10-19)16-11-15(16)14-7-5-4-6-8-14;15-9-14(6-7-14)10-16-13-8-12(13)11-4-2-1-3-5-11;10-9-6-8(9)7-4-2-1-3-5-7;1-2-10-6(9)7(5-8)3-4-7;2*6-3-5(4-7)1-2-5;1-2/h4-8,15-16H,9-11,13H2,1-3H3;1-5,12-13,16H,6-8,10H2;1-5,8-9H,6,10H2;2-4H2,1H3;7H,1-2,4H2;4H,1-2H2;/t15-,16+;12-,13+;8-,9+;;;;/m000..../s1. The molecule has 16 heteroatoms. The van der Waals surface area contributed by atoms with Crippen molar-refractivity contribution in [3.05, 3.63) is 108 Å². The Labute approximate surface area is 467 Å². The topological polar surface area (TPSA) is 250 Å². The number of rotatable bonds is 13. The van der Waals surface area contributed by atoms with Crippen molar-refractivity contribution < 1.29 is 29.0 Å². The van der Waals surface area contributed by atoms with Gasteiger partial charge in [0.1, 0.15) is 17.3 Å². The molecule has 8 saturated carbocycles. The number of aldehydes is 1. The summed E-state index contributed by atoms with van der Waals surface area (Å²) in [7, 11) is 0. The molecule has 3 aromatic carbocycles. The second kappa shape index (κ2) is 27.3. The van der Waals surface area contributed by atoms with Gasteiger partial charge in [-0.1, -0.05) is 91.0 Å². The molecule has 4 N–H and O–H groups in total. The Hall–Kier alpha value is -5.14. The number of esters is 1. The van der Waals surface area contributed by atoms with Gasteiger partial charge in [-0.25, -0.2) is 4.79 Å². The van der Waals surface area contributed by atoms with Crippen molar-refractivity contribution in [2.45, 2.75) is 153 Å². The number of nitrogens with one attached hydrogen (secondary N) is 1. The summed E-state index contributed by atoms with van der Waals surface area (Å²) in [5.74, 6) is 1.34. The third kappa shape index (κ3) is 18.8. The number of nitrogens with zero attached hydrogens (tertiary/aromatic N) is 6. The maximum atomic E-state index is 12.6. The van der Waals surface area contributed by atoms with Crippen LogP contribution in [0.15, 0.2) is 91.0 Å². The van der Waals surface area contributed by atoms with E-state index in [1.165, 1.54) is 29.5 Å². The quantitative estimate of drug-likeness (QED) is 0.0819. The van der Waals surface area contributed by atoms with Crippen molar-refractivity contribution in [1.82, 2.24) is 10.2 Å². The summed E-state index contributed by atoms with van der Waals surface area (Å²) in [6, 6.07) is 43.4. The highest BCUT2D eigenvalue weighted by Crippen LogP contribution is 2.51. The van der Waals surface area contributed by atoms with Gasteiger partial charge in [0, 0.05) is 86.2 Å². The van der Waals surface area contributed by atoms with Gasteiger partial charge in [0.2, 0.25) is 0 Å². The molecule has 75 heavy (non-hydrogen) atoms. The van der Waals surface area contributed by atoms with E-state index in [1.807, 2.05) is 57.2 Å². The highest BCUT2D eigenvalue weighted by atomic mass is 128. The zero-order valence-electron chi connectivity index (χ0n) is 43.7. The Bertz CT molecular complexity index is 2560. The number of benzene rings is 3. The predicted molar refractivity (Wildman–Crippen MR) is 302 cm³/mol. The zero-order valence-corrected chi connectivity index (χ0v) is 48.0. The molecule has 0 radical (unpaired) electrons. The summed E-state index contributed by atoms with van der Waals surface area (Å²) in [6.07, 6.45) is 12.4. The lowest BCUT2D eigenvalue weighted by Gasteiger charge is -2.29. The Morgan fingerprint density at radius 3 is 1.48 bits per heavy atom. The maximum Gasteiger partial charge on any atom is 0.410 e. The van der Waals surface area contributed by atoms with Gasteiger partial charge in [-0.2, -0.15) is 26.3 Å². The van der Waals surface area contributed by atoms with Crippen LogP contribution in [-0.4, -0.2) is 78.4 Å². The number of nitriles is 5. The molecule has 0 saturated heterocycles. The molecule has 8 fully saturated rings. The summed E-state index contributed by atoms with van der Waals surface area (Å²) < 4.78 is 10.3. The van der Waals surface area contributed by atoms with Crippen molar-refractivity contribution in [1.29, 1.82) is 26.3 Å². The molecule has 0 heterocycles. The Morgan fingerprint density at radius 2 is 1.16 bits per heavy atom. The van der Waals surface area contributed by atoms with Crippen molar-refractivity contribution in [2.24, 2.45) is 32.8 Å². The Kier molecular flexibility index (Phi) is 22.1. The van der Waals surface area contributed by atoms with E-state index >= 15 is 0 Å². The van der Waals surface area contributed by atoms with Crippen LogP contribution in [0.5, 0.6) is 0 Å². The first-order chi connectivity index (χ1) is 35.9. The fourth-order valence-corrected chi connectivity index (χ4v) is 8.20. The summed E-state index contributed by atoms with van der Waals surface area (Å²) in [4.78, 5) is 35.2. The number of hydrogen-bond donors (Lipinski definition) is 3. The lowest BCUT2D eigenvalue weighted by Crippen LogP contribution is -2.41. The van der Waals surface area contributed by atoms with Crippen LogP contribution < -0.4 is 11.1 Å². The number of hydrogen-bond acceptors (Lipinski definition) is 13. The number of aliphatic hydroxyl groups excluding tert-OH is 1. The summed E-state index contributed by atoms with van der Waals surface area (Å²) in [5, 5.41) is 55.3. The molecule has 0 aliphatic heterocycles. The number of carbonyl (C=O) groups excluding carboxylic acids is 3. The van der Waals surface area contributed by atoms with E-state index in [0.717, 1.165) is 70.6 Å². The molecule has 8 aliphatic rings. The minimum atomic E-state index is -0.754. The first kappa shape index (κ1) is 60.7. The SMILES string of the molecule is CC(C)(C)OC(=O)N(CC1(C#N)CC1)[C@@H]1C[C@H]1c1ccccc1.CCOC(=O)C1(C#N)CC1.II.N#CC1(C=O)CC1.N#CC1(CN[C@@H]2C[C@H]2c2ccccc2)CC1.N#CC1(CO)CC1.N[C@@H]1C[C@H]1c1ccccc1. The van der Waals surface area contributed by atoms with E-state index in [9.17, 15) is 19.6 Å². The molecule has 0 bridgehead atoms. The van der Waals surface area contributed by atoms with Gasteiger partial charge in [0.25, 0.3) is 0 Å². The smallest absolute Gasteiger partial charge is 0.410 e. The van der Waals surface area contributed by atoms with E-state index in [-0.39, 0.29) is 41.0 Å². The molecule has 0 spiro atoms. The highest BCUT2D eigenvalue weighted by molar-refractivity contribution is 15.0. The lowest BCUT2D eigenvalue weighted by molar-refractivity contribution is -0.147. The normalized spacial score (nSPS) is 24.7. The van der Waals surface area contributed by atoms with E-state index in [1.54, 1.807) is 11.8 Å². The fourth-order valence-electron chi connectivity index (χ4n) is 8.20. The number of aliphatic hydroxyl groups is 1. The van der Waals surface area contributed by atoms with Gasteiger partial charge in [0.05, 0.1) is 59.8 Å². The predicted octanol–water partition coefficient (Wildman–Crippen LogP) is 11.4. The summed E-state index contributed by atoms with van der Waals surface area (Å²) >= 11 is 4.24. The molecule has 0 aromatic heterocycles. The van der Waals surface area contributed by atoms with Crippen LogP contribution in [0.2, 0.25) is 0 Å². The van der Waals surface area contributed by atoms with Crippen LogP contribution in [0.1, 0.15) is 146 Å². The molecule has 0 unspecified atom stereocenters. The Morgan fingerprint density at radius 1 is 0.693 bits per heavy atom. The third-order valence-corrected chi connectivity index (χ3v) is 14.7. The largest absolute Gasteiger partial charge is 0.465 e. The van der Waals surface area contributed by atoms with Crippen LogP contribution in [0.3, 0.4) is 0 Å².